The van der Waals surface area contributed by atoms with Gasteiger partial charge in [-0.2, -0.15) is 0 Å². The highest BCUT2D eigenvalue weighted by Gasteiger charge is 2.05. The quantitative estimate of drug-likeness (QED) is 0.744. The minimum Gasteiger partial charge on any atom is -0.494 e. The number of hydrogen-bond acceptors (Lipinski definition) is 3. The van der Waals surface area contributed by atoms with E-state index in [1.165, 1.54) is 0 Å². The first-order valence-electron chi connectivity index (χ1n) is 6.72. The third kappa shape index (κ3) is 6.03. The first-order valence-corrected chi connectivity index (χ1v) is 6.72. The number of nitrogens with one attached hydrogen (secondary N) is 1. The molecule has 0 radical (unpaired) electrons. The van der Waals surface area contributed by atoms with E-state index in [0.717, 1.165) is 17.9 Å². The van der Waals surface area contributed by atoms with Gasteiger partial charge in [0.15, 0.2) is 0 Å². The van der Waals surface area contributed by atoms with Gasteiger partial charge in [0, 0.05) is 6.54 Å². The van der Waals surface area contributed by atoms with Gasteiger partial charge < -0.3 is 15.2 Å². The average Bonchev–Trinajstić information content (AvgIpc) is 2.31. The largest absolute Gasteiger partial charge is 0.494 e. The second-order valence-corrected chi connectivity index (χ2v) is 4.99. The van der Waals surface area contributed by atoms with Crippen molar-refractivity contribution in [3.05, 3.63) is 29.8 Å². The molecule has 1 aromatic carbocycles. The Hall–Kier alpha value is -1.06. The van der Waals surface area contributed by atoms with Gasteiger partial charge in [-0.3, -0.25) is 0 Å². The van der Waals surface area contributed by atoms with E-state index in [1.54, 1.807) is 0 Å². The number of ether oxygens (including phenoxy) is 1. The molecule has 3 nitrogen and oxygen atoms in total. The van der Waals surface area contributed by atoms with E-state index in [2.05, 4.69) is 19.2 Å². The van der Waals surface area contributed by atoms with Crippen LogP contribution in [0.15, 0.2) is 24.3 Å². The molecule has 2 N–H and O–H groups in total. The number of aliphatic hydroxyl groups excluding tert-OH is 1. The van der Waals surface area contributed by atoms with Crippen LogP contribution in [0.3, 0.4) is 0 Å². The molecule has 0 aliphatic rings. The van der Waals surface area contributed by atoms with Crippen LogP contribution in [0.5, 0.6) is 5.75 Å². The molecule has 102 valence electrons. The summed E-state index contributed by atoms with van der Waals surface area (Å²) >= 11 is 0. The normalized spacial score (nSPS) is 12.7. The van der Waals surface area contributed by atoms with Gasteiger partial charge >= 0.3 is 0 Å². The lowest BCUT2D eigenvalue weighted by Gasteiger charge is -2.13. The van der Waals surface area contributed by atoms with Crippen molar-refractivity contribution in [1.29, 1.82) is 0 Å². The van der Waals surface area contributed by atoms with E-state index >= 15 is 0 Å². The molecule has 0 saturated carbocycles. The summed E-state index contributed by atoms with van der Waals surface area (Å²) in [7, 11) is 0. The average molecular weight is 251 g/mol. The minimum atomic E-state index is -0.332. The molecule has 0 aromatic heterocycles. The van der Waals surface area contributed by atoms with Crippen LogP contribution >= 0.6 is 0 Å². The van der Waals surface area contributed by atoms with Crippen LogP contribution in [0, 0.1) is 5.92 Å². The number of benzene rings is 1. The lowest BCUT2D eigenvalue weighted by atomic mass is 10.1. The fourth-order valence-electron chi connectivity index (χ4n) is 1.77. The smallest absolute Gasteiger partial charge is 0.119 e. The monoisotopic (exact) mass is 251 g/mol. The Bertz CT molecular complexity index is 322. The molecule has 1 rings (SSSR count). The Morgan fingerprint density at radius 2 is 1.83 bits per heavy atom. The lowest BCUT2D eigenvalue weighted by molar-refractivity contribution is 0.170. The predicted octanol–water partition coefficient (Wildman–Crippen LogP) is 2.23. The summed E-state index contributed by atoms with van der Waals surface area (Å²) < 4.78 is 5.38. The zero-order chi connectivity index (χ0) is 13.4. The van der Waals surface area contributed by atoms with Crippen LogP contribution in [0.4, 0.5) is 0 Å². The summed E-state index contributed by atoms with van der Waals surface area (Å²) in [5.41, 5.74) is 1.14. The molecule has 0 bridgehead atoms. The summed E-state index contributed by atoms with van der Waals surface area (Å²) in [5.74, 6) is 1.50. The van der Waals surface area contributed by atoms with Crippen LogP contribution < -0.4 is 10.1 Å². The van der Waals surface area contributed by atoms with E-state index in [1.807, 2.05) is 31.2 Å². The molecule has 0 amide bonds. The Labute approximate surface area is 110 Å². The van der Waals surface area contributed by atoms with Crippen LogP contribution in [-0.2, 0) is 6.42 Å². The molecule has 0 heterocycles. The summed E-state index contributed by atoms with van der Waals surface area (Å²) in [6, 6.07) is 7.92. The molecule has 0 aliphatic heterocycles. The van der Waals surface area contributed by atoms with Gasteiger partial charge in [-0.1, -0.05) is 26.0 Å². The van der Waals surface area contributed by atoms with E-state index in [0.29, 0.717) is 25.5 Å². The van der Waals surface area contributed by atoms with E-state index in [4.69, 9.17) is 4.74 Å². The molecule has 1 aromatic rings. The number of hydrogen-bond donors (Lipinski definition) is 2. The maximum absolute atomic E-state index is 9.89. The minimum absolute atomic E-state index is 0.332. The molecule has 18 heavy (non-hydrogen) atoms. The molecule has 0 fully saturated rings. The maximum Gasteiger partial charge on any atom is 0.119 e. The first kappa shape index (κ1) is 15.0. The second kappa shape index (κ2) is 8.11. The molecule has 3 heteroatoms. The highest BCUT2D eigenvalue weighted by atomic mass is 16.5. The SMILES string of the molecule is CCOc1ccc(C[C@H](O)CNCC(C)C)cc1. The second-order valence-electron chi connectivity index (χ2n) is 4.99. The zero-order valence-electron chi connectivity index (χ0n) is 11.6. The Kier molecular flexibility index (Phi) is 6.76. The molecular formula is C15H25NO2. The van der Waals surface area contributed by atoms with Crippen LogP contribution in [0.25, 0.3) is 0 Å². The zero-order valence-corrected chi connectivity index (χ0v) is 11.6. The lowest BCUT2D eigenvalue weighted by Crippen LogP contribution is -2.30. The van der Waals surface area contributed by atoms with Crippen molar-refractivity contribution in [3.63, 3.8) is 0 Å². The summed E-state index contributed by atoms with van der Waals surface area (Å²) in [6.07, 6.45) is 0.346. The van der Waals surface area contributed by atoms with Crippen molar-refractivity contribution in [2.24, 2.45) is 5.92 Å². The van der Waals surface area contributed by atoms with E-state index in [9.17, 15) is 5.11 Å². The molecule has 0 unspecified atom stereocenters. The summed E-state index contributed by atoms with van der Waals surface area (Å²) in [5, 5.41) is 13.2. The maximum atomic E-state index is 9.89. The fraction of sp³-hybridized carbons (Fsp3) is 0.600. The summed E-state index contributed by atoms with van der Waals surface area (Å²) in [6.45, 7) is 8.56. The third-order valence-corrected chi connectivity index (χ3v) is 2.64. The third-order valence-electron chi connectivity index (χ3n) is 2.64. The van der Waals surface area contributed by atoms with Gasteiger partial charge in [0.05, 0.1) is 12.7 Å². The first-order chi connectivity index (χ1) is 8.61. The fourth-order valence-corrected chi connectivity index (χ4v) is 1.77. The van der Waals surface area contributed by atoms with E-state index in [-0.39, 0.29) is 6.10 Å². The van der Waals surface area contributed by atoms with Crippen molar-refractivity contribution in [3.8, 4) is 5.75 Å². The molecule has 0 spiro atoms. The summed E-state index contributed by atoms with van der Waals surface area (Å²) in [4.78, 5) is 0. The van der Waals surface area contributed by atoms with Gasteiger partial charge in [-0.25, -0.2) is 0 Å². The topological polar surface area (TPSA) is 41.5 Å². The number of aliphatic hydroxyl groups is 1. The Morgan fingerprint density at radius 3 is 2.39 bits per heavy atom. The van der Waals surface area contributed by atoms with Crippen molar-refractivity contribution < 1.29 is 9.84 Å². The Morgan fingerprint density at radius 1 is 1.17 bits per heavy atom. The number of rotatable bonds is 8. The van der Waals surface area contributed by atoms with Gasteiger partial charge in [0.1, 0.15) is 5.75 Å². The van der Waals surface area contributed by atoms with Gasteiger partial charge in [0.2, 0.25) is 0 Å². The van der Waals surface area contributed by atoms with Gasteiger partial charge in [-0.05, 0) is 43.5 Å². The van der Waals surface area contributed by atoms with Crippen LogP contribution in [0.1, 0.15) is 26.3 Å². The highest BCUT2D eigenvalue weighted by molar-refractivity contribution is 5.27. The molecular weight excluding hydrogens is 226 g/mol. The van der Waals surface area contributed by atoms with Crippen molar-refractivity contribution in [2.45, 2.75) is 33.3 Å². The predicted molar refractivity (Wildman–Crippen MR) is 75.0 cm³/mol. The van der Waals surface area contributed by atoms with Gasteiger partial charge in [0.25, 0.3) is 0 Å². The van der Waals surface area contributed by atoms with Crippen molar-refractivity contribution >= 4 is 0 Å². The molecule has 1 atom stereocenters. The van der Waals surface area contributed by atoms with Crippen LogP contribution in [-0.4, -0.2) is 30.9 Å². The van der Waals surface area contributed by atoms with Crippen molar-refractivity contribution in [1.82, 2.24) is 5.32 Å². The van der Waals surface area contributed by atoms with E-state index < -0.39 is 0 Å². The van der Waals surface area contributed by atoms with Gasteiger partial charge in [-0.15, -0.1) is 0 Å². The molecule has 0 saturated heterocycles. The van der Waals surface area contributed by atoms with Crippen molar-refractivity contribution in [2.75, 3.05) is 19.7 Å². The van der Waals surface area contributed by atoms with Crippen LogP contribution in [0.2, 0.25) is 0 Å². The standard InChI is InChI=1S/C15H25NO2/c1-4-18-15-7-5-13(6-8-15)9-14(17)11-16-10-12(2)3/h5-8,12,14,16-17H,4,9-11H2,1-3H3/t14-/m0/s1. The molecule has 0 aliphatic carbocycles. The highest BCUT2D eigenvalue weighted by Crippen LogP contribution is 2.13. The Balaban J connectivity index is 2.32.